The molecule has 0 spiro atoms. The predicted octanol–water partition coefficient (Wildman–Crippen LogP) is 0.456. The second kappa shape index (κ2) is 4.18. The van der Waals surface area contributed by atoms with E-state index in [4.69, 9.17) is 10.8 Å². The molecule has 6 nitrogen and oxygen atoms in total. The number of aromatic nitrogens is 1. The third kappa shape index (κ3) is 2.69. The van der Waals surface area contributed by atoms with Crippen LogP contribution < -0.4 is 11.1 Å². The molecule has 4 N–H and O–H groups in total. The van der Waals surface area contributed by atoms with Gasteiger partial charge in [-0.1, -0.05) is 0 Å². The number of nitrogens with two attached hydrogens (primary N) is 1. The van der Waals surface area contributed by atoms with Gasteiger partial charge >= 0.3 is 5.97 Å². The van der Waals surface area contributed by atoms with E-state index in [1.807, 2.05) is 0 Å². The highest BCUT2D eigenvalue weighted by atomic mass is 16.4. The number of nitrogens with zero attached hydrogens (tertiary/aromatic N) is 1. The first-order valence-corrected chi connectivity index (χ1v) is 4.60. The lowest BCUT2D eigenvalue weighted by Gasteiger charge is -2.21. The molecule has 0 bridgehead atoms. The van der Waals surface area contributed by atoms with Crippen LogP contribution in [0.25, 0.3) is 0 Å². The van der Waals surface area contributed by atoms with Crippen molar-refractivity contribution in [3.8, 4) is 0 Å². The number of hydrogen-bond donors (Lipinski definition) is 3. The van der Waals surface area contributed by atoms with Crippen molar-refractivity contribution in [1.82, 2.24) is 4.98 Å². The fourth-order valence-electron chi connectivity index (χ4n) is 0.987. The van der Waals surface area contributed by atoms with Gasteiger partial charge < -0.3 is 16.2 Å². The van der Waals surface area contributed by atoms with E-state index in [0.717, 1.165) is 0 Å². The summed E-state index contributed by atoms with van der Waals surface area (Å²) in [5, 5.41) is 11.6. The number of nitrogens with one attached hydrogen (secondary N) is 1. The van der Waals surface area contributed by atoms with Crippen molar-refractivity contribution in [2.24, 2.45) is 5.73 Å². The van der Waals surface area contributed by atoms with E-state index in [9.17, 15) is 9.59 Å². The molecule has 0 saturated carbocycles. The van der Waals surface area contributed by atoms with Crippen molar-refractivity contribution in [2.45, 2.75) is 19.4 Å². The van der Waals surface area contributed by atoms with E-state index in [1.54, 1.807) is 0 Å². The van der Waals surface area contributed by atoms with Gasteiger partial charge in [0, 0.05) is 6.20 Å². The molecular formula is C10H13N3O3. The number of carbonyl (C=O) groups excluding carboxylic acids is 1. The molecule has 6 heteroatoms. The summed E-state index contributed by atoms with van der Waals surface area (Å²) in [7, 11) is 0. The summed E-state index contributed by atoms with van der Waals surface area (Å²) in [5.41, 5.74) is 4.20. The van der Waals surface area contributed by atoms with Gasteiger partial charge in [-0.3, -0.25) is 4.79 Å². The number of primary amides is 1. The average Bonchev–Trinajstić information content (AvgIpc) is 2.17. The van der Waals surface area contributed by atoms with E-state index in [2.05, 4.69) is 10.3 Å². The van der Waals surface area contributed by atoms with E-state index < -0.39 is 17.4 Å². The normalized spacial score (nSPS) is 10.9. The van der Waals surface area contributed by atoms with Crippen LogP contribution >= 0.6 is 0 Å². The van der Waals surface area contributed by atoms with Crippen LogP contribution in [0.4, 0.5) is 5.82 Å². The maximum atomic E-state index is 10.8. The Morgan fingerprint density at radius 2 is 2.06 bits per heavy atom. The van der Waals surface area contributed by atoms with E-state index >= 15 is 0 Å². The summed E-state index contributed by atoms with van der Waals surface area (Å²) in [6, 6.07) is 2.99. The molecule has 0 saturated heterocycles. The Bertz CT molecular complexity index is 412. The summed E-state index contributed by atoms with van der Waals surface area (Å²) in [4.78, 5) is 25.5. The summed E-state index contributed by atoms with van der Waals surface area (Å²) in [5.74, 6) is -1.19. The maximum Gasteiger partial charge on any atom is 0.328 e. The van der Waals surface area contributed by atoms with E-state index in [0.29, 0.717) is 5.82 Å². The van der Waals surface area contributed by atoms with Crippen molar-refractivity contribution in [2.75, 3.05) is 5.32 Å². The van der Waals surface area contributed by atoms with Crippen LogP contribution in [0.5, 0.6) is 0 Å². The van der Waals surface area contributed by atoms with Crippen molar-refractivity contribution in [3.63, 3.8) is 0 Å². The number of carboxylic acids is 1. The Morgan fingerprint density at radius 3 is 2.44 bits per heavy atom. The van der Waals surface area contributed by atoms with E-state index in [-0.39, 0.29) is 5.56 Å². The number of pyridine rings is 1. The Morgan fingerprint density at radius 1 is 1.44 bits per heavy atom. The smallest absolute Gasteiger partial charge is 0.328 e. The zero-order valence-electron chi connectivity index (χ0n) is 9.02. The zero-order chi connectivity index (χ0) is 12.3. The molecule has 0 aliphatic carbocycles. The Labute approximate surface area is 92.5 Å². The number of anilines is 1. The largest absolute Gasteiger partial charge is 0.480 e. The SMILES string of the molecule is CC(C)(Nc1ccc(C(N)=O)cn1)C(=O)O. The van der Waals surface area contributed by atoms with Gasteiger partial charge in [0.15, 0.2) is 0 Å². The lowest BCUT2D eigenvalue weighted by molar-refractivity contribution is -0.141. The number of carboxylic acid groups (broad SMARTS) is 1. The van der Waals surface area contributed by atoms with Gasteiger partial charge in [0.2, 0.25) is 5.91 Å². The molecule has 0 fully saturated rings. The minimum Gasteiger partial charge on any atom is -0.480 e. The fourth-order valence-corrected chi connectivity index (χ4v) is 0.987. The maximum absolute atomic E-state index is 10.8. The van der Waals surface area contributed by atoms with Gasteiger partial charge in [-0.25, -0.2) is 9.78 Å². The summed E-state index contributed by atoms with van der Waals surface area (Å²) in [6.07, 6.45) is 1.29. The van der Waals surface area contributed by atoms with Crippen molar-refractivity contribution in [3.05, 3.63) is 23.9 Å². The van der Waals surface area contributed by atoms with Crippen LogP contribution in [0, 0.1) is 0 Å². The van der Waals surface area contributed by atoms with Gasteiger partial charge in [-0.2, -0.15) is 0 Å². The predicted molar refractivity (Wildman–Crippen MR) is 58.1 cm³/mol. The van der Waals surface area contributed by atoms with Gasteiger partial charge in [-0.05, 0) is 26.0 Å². The number of amides is 1. The van der Waals surface area contributed by atoms with Crippen LogP contribution in [-0.4, -0.2) is 27.5 Å². The molecule has 0 aliphatic rings. The second-order valence-corrected chi connectivity index (χ2v) is 3.85. The molecule has 1 rings (SSSR count). The highest BCUT2D eigenvalue weighted by Crippen LogP contribution is 2.13. The lowest BCUT2D eigenvalue weighted by atomic mass is 10.1. The summed E-state index contributed by atoms with van der Waals surface area (Å²) < 4.78 is 0. The van der Waals surface area contributed by atoms with Gasteiger partial charge in [0.05, 0.1) is 5.56 Å². The fraction of sp³-hybridized carbons (Fsp3) is 0.300. The van der Waals surface area contributed by atoms with Crippen molar-refractivity contribution in [1.29, 1.82) is 0 Å². The topological polar surface area (TPSA) is 105 Å². The number of carbonyl (C=O) groups is 2. The van der Waals surface area contributed by atoms with Crippen LogP contribution in [0.3, 0.4) is 0 Å². The zero-order valence-corrected chi connectivity index (χ0v) is 9.02. The van der Waals surface area contributed by atoms with Gasteiger partial charge in [0.25, 0.3) is 0 Å². The molecular weight excluding hydrogens is 210 g/mol. The first-order valence-electron chi connectivity index (χ1n) is 4.60. The summed E-state index contributed by atoms with van der Waals surface area (Å²) >= 11 is 0. The number of rotatable bonds is 4. The molecule has 0 unspecified atom stereocenters. The average molecular weight is 223 g/mol. The molecule has 0 aliphatic heterocycles. The molecule has 1 aromatic heterocycles. The molecule has 1 heterocycles. The van der Waals surface area contributed by atoms with Crippen LogP contribution in [-0.2, 0) is 4.79 Å². The van der Waals surface area contributed by atoms with Crippen molar-refractivity contribution < 1.29 is 14.7 Å². The Hall–Kier alpha value is -2.11. The molecule has 1 amide bonds. The Kier molecular flexibility index (Phi) is 3.12. The standard InChI is InChI=1S/C10H13N3O3/c1-10(2,9(15)16)13-7-4-3-6(5-12-7)8(11)14/h3-5H,1-2H3,(H2,11,14)(H,12,13)(H,15,16). The highest BCUT2D eigenvalue weighted by Gasteiger charge is 2.26. The molecule has 16 heavy (non-hydrogen) atoms. The molecule has 0 radical (unpaired) electrons. The minimum atomic E-state index is -1.12. The second-order valence-electron chi connectivity index (χ2n) is 3.85. The van der Waals surface area contributed by atoms with Crippen molar-refractivity contribution >= 4 is 17.7 Å². The van der Waals surface area contributed by atoms with E-state index in [1.165, 1.54) is 32.2 Å². The number of hydrogen-bond acceptors (Lipinski definition) is 4. The molecule has 86 valence electrons. The quantitative estimate of drug-likeness (QED) is 0.687. The molecule has 0 atom stereocenters. The first kappa shape index (κ1) is 12.0. The molecule has 1 aromatic rings. The lowest BCUT2D eigenvalue weighted by Crippen LogP contribution is -2.40. The Balaban J connectivity index is 2.84. The monoisotopic (exact) mass is 223 g/mol. The first-order chi connectivity index (χ1) is 7.33. The van der Waals surface area contributed by atoms with Crippen LogP contribution in [0.15, 0.2) is 18.3 Å². The highest BCUT2D eigenvalue weighted by molar-refractivity contribution is 5.92. The molecule has 0 aromatic carbocycles. The van der Waals surface area contributed by atoms with Crippen LogP contribution in [0.1, 0.15) is 24.2 Å². The van der Waals surface area contributed by atoms with Gasteiger partial charge in [-0.15, -0.1) is 0 Å². The van der Waals surface area contributed by atoms with Gasteiger partial charge in [0.1, 0.15) is 11.4 Å². The number of aliphatic carboxylic acids is 1. The van der Waals surface area contributed by atoms with Crippen LogP contribution in [0.2, 0.25) is 0 Å². The third-order valence-corrected chi connectivity index (χ3v) is 2.02. The summed E-state index contributed by atoms with van der Waals surface area (Å²) in [6.45, 7) is 3.03. The third-order valence-electron chi connectivity index (χ3n) is 2.02. The minimum absolute atomic E-state index is 0.277.